The highest BCUT2D eigenvalue weighted by molar-refractivity contribution is 5.77. The van der Waals surface area contributed by atoms with Gasteiger partial charge in [-0.3, -0.25) is 4.79 Å². The number of benzene rings is 1. The summed E-state index contributed by atoms with van der Waals surface area (Å²) in [6.07, 6.45) is 3.31. The molecule has 1 saturated carbocycles. The molecule has 20 heavy (non-hydrogen) atoms. The van der Waals surface area contributed by atoms with Crippen LogP contribution in [0.3, 0.4) is 0 Å². The predicted molar refractivity (Wildman–Crippen MR) is 77.0 cm³/mol. The van der Waals surface area contributed by atoms with Crippen LogP contribution < -0.4 is 5.32 Å². The molecular weight excluding hydrogens is 254 g/mol. The van der Waals surface area contributed by atoms with Crippen LogP contribution in [0.15, 0.2) is 30.3 Å². The topological polar surface area (TPSA) is 58.6 Å². The quantitative estimate of drug-likeness (QED) is 0.798. The van der Waals surface area contributed by atoms with E-state index in [1.54, 1.807) is 0 Å². The van der Waals surface area contributed by atoms with Gasteiger partial charge in [-0.05, 0) is 30.2 Å². The van der Waals surface area contributed by atoms with Gasteiger partial charge in [-0.1, -0.05) is 36.8 Å². The number of nitrogens with one attached hydrogen (secondary N) is 1. The highest BCUT2D eigenvalue weighted by Crippen LogP contribution is 2.30. The minimum absolute atomic E-state index is 0.0791. The number of rotatable bonds is 7. The fourth-order valence-electron chi connectivity index (χ4n) is 2.75. The predicted octanol–water partition coefficient (Wildman–Crippen LogP) is 1.73. The Morgan fingerprint density at radius 3 is 2.75 bits per heavy atom. The van der Waals surface area contributed by atoms with E-state index in [2.05, 4.69) is 5.32 Å². The summed E-state index contributed by atoms with van der Waals surface area (Å²) in [7, 11) is 0. The van der Waals surface area contributed by atoms with Gasteiger partial charge < -0.3 is 15.2 Å². The standard InChI is InChI=1S/C16H23NO3/c18-10-15-8-4-7-14(15)9-17-16(19)12-20-11-13-5-2-1-3-6-13/h1-3,5-6,14-15,18H,4,7-12H2,(H,17,19). The van der Waals surface area contributed by atoms with Gasteiger partial charge in [0.25, 0.3) is 0 Å². The lowest BCUT2D eigenvalue weighted by molar-refractivity contribution is -0.126. The Labute approximate surface area is 120 Å². The normalized spacial score (nSPS) is 21.9. The highest BCUT2D eigenvalue weighted by atomic mass is 16.5. The zero-order chi connectivity index (χ0) is 14.2. The van der Waals surface area contributed by atoms with Crippen molar-refractivity contribution in [2.75, 3.05) is 19.8 Å². The van der Waals surface area contributed by atoms with Crippen molar-refractivity contribution in [1.82, 2.24) is 5.32 Å². The molecule has 0 aromatic heterocycles. The molecule has 0 bridgehead atoms. The van der Waals surface area contributed by atoms with Crippen molar-refractivity contribution in [3.05, 3.63) is 35.9 Å². The first-order valence-electron chi connectivity index (χ1n) is 7.29. The molecule has 1 amide bonds. The fourth-order valence-corrected chi connectivity index (χ4v) is 2.75. The Kier molecular flexibility index (Phi) is 6.02. The van der Waals surface area contributed by atoms with Crippen LogP contribution in [-0.4, -0.2) is 30.8 Å². The molecule has 0 heterocycles. The molecule has 0 aliphatic heterocycles. The van der Waals surface area contributed by atoms with Crippen molar-refractivity contribution in [2.24, 2.45) is 11.8 Å². The van der Waals surface area contributed by atoms with E-state index in [1.165, 1.54) is 0 Å². The SMILES string of the molecule is O=C(COCc1ccccc1)NCC1CCCC1CO. The van der Waals surface area contributed by atoms with Gasteiger partial charge in [-0.25, -0.2) is 0 Å². The van der Waals surface area contributed by atoms with Crippen LogP contribution >= 0.6 is 0 Å². The lowest BCUT2D eigenvalue weighted by atomic mass is 9.97. The second kappa shape index (κ2) is 8.02. The molecular formula is C16H23NO3. The van der Waals surface area contributed by atoms with E-state index >= 15 is 0 Å². The largest absolute Gasteiger partial charge is 0.396 e. The number of hydrogen-bond donors (Lipinski definition) is 2. The molecule has 2 unspecified atom stereocenters. The number of aliphatic hydroxyl groups excluding tert-OH is 1. The van der Waals surface area contributed by atoms with Crippen LogP contribution in [-0.2, 0) is 16.1 Å². The summed E-state index contributed by atoms with van der Waals surface area (Å²) in [4.78, 5) is 11.7. The molecule has 2 N–H and O–H groups in total. The van der Waals surface area contributed by atoms with E-state index in [1.807, 2.05) is 30.3 Å². The van der Waals surface area contributed by atoms with Crippen LogP contribution in [0.1, 0.15) is 24.8 Å². The molecule has 0 saturated heterocycles. The van der Waals surface area contributed by atoms with Crippen LogP contribution in [0.25, 0.3) is 0 Å². The van der Waals surface area contributed by atoms with Crippen LogP contribution in [0.5, 0.6) is 0 Å². The number of amides is 1. The van der Waals surface area contributed by atoms with Gasteiger partial charge in [0.1, 0.15) is 6.61 Å². The Hall–Kier alpha value is -1.39. The van der Waals surface area contributed by atoms with Gasteiger partial charge in [0.15, 0.2) is 0 Å². The fraction of sp³-hybridized carbons (Fsp3) is 0.562. The summed E-state index contributed by atoms with van der Waals surface area (Å²) < 4.78 is 5.39. The molecule has 2 rings (SSSR count). The van der Waals surface area contributed by atoms with Crippen molar-refractivity contribution in [1.29, 1.82) is 0 Å². The number of hydrogen-bond acceptors (Lipinski definition) is 3. The lowest BCUT2D eigenvalue weighted by Crippen LogP contribution is -2.34. The maximum atomic E-state index is 11.7. The van der Waals surface area contributed by atoms with Crippen molar-refractivity contribution in [3.8, 4) is 0 Å². The molecule has 1 fully saturated rings. The average molecular weight is 277 g/mol. The summed E-state index contributed by atoms with van der Waals surface area (Å²) in [6, 6.07) is 9.81. The van der Waals surface area contributed by atoms with Crippen LogP contribution in [0.4, 0.5) is 0 Å². The summed E-state index contributed by atoms with van der Waals surface area (Å²) in [5.41, 5.74) is 1.07. The van der Waals surface area contributed by atoms with Gasteiger partial charge >= 0.3 is 0 Å². The zero-order valence-electron chi connectivity index (χ0n) is 11.8. The maximum Gasteiger partial charge on any atom is 0.246 e. The van der Waals surface area contributed by atoms with Gasteiger partial charge in [0.2, 0.25) is 5.91 Å². The minimum Gasteiger partial charge on any atom is -0.396 e. The van der Waals surface area contributed by atoms with Crippen LogP contribution in [0, 0.1) is 11.8 Å². The molecule has 1 aliphatic carbocycles. The Balaban J connectivity index is 1.61. The third-order valence-corrected chi connectivity index (χ3v) is 3.96. The smallest absolute Gasteiger partial charge is 0.246 e. The second-order valence-corrected chi connectivity index (χ2v) is 5.42. The van der Waals surface area contributed by atoms with E-state index in [0.29, 0.717) is 25.0 Å². The minimum atomic E-state index is -0.0791. The van der Waals surface area contributed by atoms with Crippen molar-refractivity contribution in [2.45, 2.75) is 25.9 Å². The summed E-state index contributed by atoms with van der Waals surface area (Å²) >= 11 is 0. The maximum absolute atomic E-state index is 11.7. The third-order valence-electron chi connectivity index (χ3n) is 3.96. The van der Waals surface area contributed by atoms with E-state index in [-0.39, 0.29) is 19.1 Å². The molecule has 1 aromatic rings. The summed E-state index contributed by atoms with van der Waals surface area (Å²) in [5, 5.41) is 12.1. The van der Waals surface area contributed by atoms with E-state index in [4.69, 9.17) is 4.74 Å². The van der Waals surface area contributed by atoms with E-state index in [0.717, 1.165) is 24.8 Å². The Morgan fingerprint density at radius 2 is 2.00 bits per heavy atom. The Bertz CT molecular complexity index is 407. The van der Waals surface area contributed by atoms with Gasteiger partial charge in [0.05, 0.1) is 6.61 Å². The number of carbonyl (C=O) groups is 1. The molecule has 1 aliphatic rings. The van der Waals surface area contributed by atoms with Crippen molar-refractivity contribution >= 4 is 5.91 Å². The van der Waals surface area contributed by atoms with Crippen molar-refractivity contribution < 1.29 is 14.6 Å². The second-order valence-electron chi connectivity index (χ2n) is 5.42. The highest BCUT2D eigenvalue weighted by Gasteiger charge is 2.26. The van der Waals surface area contributed by atoms with Gasteiger partial charge in [0, 0.05) is 13.2 Å². The first-order chi connectivity index (χ1) is 9.79. The van der Waals surface area contributed by atoms with Gasteiger partial charge in [-0.15, -0.1) is 0 Å². The first kappa shape index (κ1) is 15.0. The molecule has 4 nitrogen and oxygen atoms in total. The number of carbonyl (C=O) groups excluding carboxylic acids is 1. The molecule has 4 heteroatoms. The number of aliphatic hydroxyl groups is 1. The molecule has 110 valence electrons. The molecule has 0 radical (unpaired) electrons. The van der Waals surface area contributed by atoms with Crippen LogP contribution in [0.2, 0.25) is 0 Å². The lowest BCUT2D eigenvalue weighted by Gasteiger charge is -2.17. The van der Waals surface area contributed by atoms with Gasteiger partial charge in [-0.2, -0.15) is 0 Å². The summed E-state index contributed by atoms with van der Waals surface area (Å²) in [6.45, 7) is 1.42. The monoisotopic (exact) mass is 277 g/mol. The van der Waals surface area contributed by atoms with Crippen molar-refractivity contribution in [3.63, 3.8) is 0 Å². The molecule has 2 atom stereocenters. The Morgan fingerprint density at radius 1 is 1.25 bits per heavy atom. The first-order valence-corrected chi connectivity index (χ1v) is 7.29. The third kappa shape index (κ3) is 4.62. The number of ether oxygens (including phenoxy) is 1. The van der Waals surface area contributed by atoms with E-state index < -0.39 is 0 Å². The molecule has 1 aromatic carbocycles. The zero-order valence-corrected chi connectivity index (χ0v) is 11.8. The van der Waals surface area contributed by atoms with E-state index in [9.17, 15) is 9.90 Å². The average Bonchev–Trinajstić information content (AvgIpc) is 2.94. The molecule has 0 spiro atoms. The summed E-state index contributed by atoms with van der Waals surface area (Å²) in [5.74, 6) is 0.683.